The average Bonchev–Trinajstić information content (AvgIpc) is 2.52. The number of benzene rings is 2. The molecule has 0 unspecified atom stereocenters. The molecule has 3 aromatic rings. The largest absolute Gasteiger partial charge is 0.373 e. The number of aromatic nitrogens is 2. The molecule has 22 heavy (non-hydrogen) atoms. The van der Waals surface area contributed by atoms with Crippen LogP contribution in [0.4, 0.5) is 0 Å². The highest BCUT2D eigenvalue weighted by atomic mass is 79.9. The molecule has 110 valence electrons. The van der Waals surface area contributed by atoms with Crippen LogP contribution in [0.3, 0.4) is 0 Å². The fourth-order valence-electron chi connectivity index (χ4n) is 2.03. The highest BCUT2D eigenvalue weighted by Crippen LogP contribution is 2.16. The molecule has 0 bridgehead atoms. The van der Waals surface area contributed by atoms with Crippen molar-refractivity contribution in [2.24, 2.45) is 0 Å². The van der Waals surface area contributed by atoms with Gasteiger partial charge in [-0.2, -0.15) is 14.7 Å². The summed E-state index contributed by atoms with van der Waals surface area (Å²) in [5.41, 5.74) is 1.00. The molecule has 0 aliphatic rings. The Balaban J connectivity index is 0.000000545. The van der Waals surface area contributed by atoms with E-state index >= 15 is 0 Å². The van der Waals surface area contributed by atoms with E-state index < -0.39 is 0 Å². The molecule has 0 saturated carbocycles. The molecule has 3 rings (SSSR count). The molecule has 0 amide bonds. The first-order valence-electron chi connectivity index (χ1n) is 6.34. The fraction of sp³-hybridized carbons (Fsp3) is 0.0625. The van der Waals surface area contributed by atoms with Gasteiger partial charge in [0, 0.05) is 9.86 Å². The molecule has 0 radical (unpaired) electrons. The lowest BCUT2D eigenvalue weighted by Crippen LogP contribution is -2.23. The van der Waals surface area contributed by atoms with Crippen LogP contribution < -0.4 is 5.56 Å². The van der Waals surface area contributed by atoms with Crippen LogP contribution in [0.5, 0.6) is 0 Å². The molecule has 0 N–H and O–H groups in total. The molecule has 5 nitrogen and oxygen atoms in total. The van der Waals surface area contributed by atoms with Gasteiger partial charge in [-0.3, -0.25) is 4.79 Å². The van der Waals surface area contributed by atoms with Gasteiger partial charge in [-0.1, -0.05) is 46.3 Å². The van der Waals surface area contributed by atoms with E-state index in [9.17, 15) is 4.79 Å². The maximum Gasteiger partial charge on any atom is 0.373 e. The number of fused-ring (bicyclic) bond motifs is 1. The van der Waals surface area contributed by atoms with Gasteiger partial charge in [-0.05, 0) is 23.8 Å². The fourth-order valence-corrected chi connectivity index (χ4v) is 2.41. The topological polar surface area (TPSA) is 69.0 Å². The summed E-state index contributed by atoms with van der Waals surface area (Å²) in [4.78, 5) is 28.6. The lowest BCUT2D eigenvalue weighted by Gasteiger charge is -2.06. The van der Waals surface area contributed by atoms with Gasteiger partial charge in [-0.25, -0.2) is 4.68 Å². The Morgan fingerprint density at radius 1 is 1.09 bits per heavy atom. The summed E-state index contributed by atoms with van der Waals surface area (Å²) < 4.78 is 2.44. The van der Waals surface area contributed by atoms with Gasteiger partial charge >= 0.3 is 6.15 Å². The van der Waals surface area contributed by atoms with Gasteiger partial charge in [0.1, 0.15) is 0 Å². The number of halogens is 1. The van der Waals surface area contributed by atoms with Crippen molar-refractivity contribution in [1.82, 2.24) is 9.78 Å². The number of hydrogen-bond acceptors (Lipinski definition) is 4. The van der Waals surface area contributed by atoms with E-state index in [2.05, 4.69) is 21.0 Å². The second-order valence-corrected chi connectivity index (χ2v) is 5.32. The average molecular weight is 359 g/mol. The summed E-state index contributed by atoms with van der Waals surface area (Å²) >= 11 is 3.39. The number of carbonyl (C=O) groups excluding carboxylic acids is 2. The lowest BCUT2D eigenvalue weighted by atomic mass is 10.2. The molecule has 0 aliphatic carbocycles. The first-order valence-corrected chi connectivity index (χ1v) is 7.13. The SMILES string of the molecule is O=C=O.O=c1c2ccc(Br)cc2cnn1Cc1ccccc1. The number of rotatable bonds is 2. The van der Waals surface area contributed by atoms with Crippen LogP contribution in [0.25, 0.3) is 10.8 Å². The van der Waals surface area contributed by atoms with Gasteiger partial charge in [0.2, 0.25) is 0 Å². The van der Waals surface area contributed by atoms with Crippen molar-refractivity contribution < 1.29 is 9.59 Å². The third kappa shape index (κ3) is 3.75. The molecule has 2 aromatic carbocycles. The number of hydrogen-bond donors (Lipinski definition) is 0. The summed E-state index contributed by atoms with van der Waals surface area (Å²) in [5, 5.41) is 5.77. The minimum absolute atomic E-state index is 0.0612. The molecule has 0 aliphatic heterocycles. The van der Waals surface area contributed by atoms with Crippen LogP contribution in [-0.2, 0) is 16.1 Å². The molecule has 6 heteroatoms. The van der Waals surface area contributed by atoms with Gasteiger partial charge < -0.3 is 0 Å². The molecule has 0 saturated heterocycles. The van der Waals surface area contributed by atoms with Crippen molar-refractivity contribution in [3.8, 4) is 0 Å². The lowest BCUT2D eigenvalue weighted by molar-refractivity contribution is -0.191. The van der Waals surface area contributed by atoms with E-state index in [4.69, 9.17) is 9.59 Å². The first-order chi connectivity index (χ1) is 10.7. The summed E-state index contributed by atoms with van der Waals surface area (Å²) in [6.45, 7) is 0.492. The molecule has 1 aromatic heterocycles. The molecular formula is C16H11BrN2O3. The summed E-state index contributed by atoms with van der Waals surface area (Å²) in [6.07, 6.45) is 1.98. The minimum Gasteiger partial charge on any atom is -0.267 e. The van der Waals surface area contributed by atoms with E-state index in [1.807, 2.05) is 48.5 Å². The second kappa shape index (κ2) is 7.45. The zero-order valence-electron chi connectivity index (χ0n) is 11.4. The monoisotopic (exact) mass is 358 g/mol. The van der Waals surface area contributed by atoms with E-state index in [0.717, 1.165) is 15.4 Å². The Hall–Kier alpha value is -2.56. The quantitative estimate of drug-likeness (QED) is 0.705. The highest BCUT2D eigenvalue weighted by molar-refractivity contribution is 9.10. The molecule has 0 spiro atoms. The Morgan fingerprint density at radius 3 is 2.45 bits per heavy atom. The van der Waals surface area contributed by atoms with Crippen LogP contribution >= 0.6 is 15.9 Å². The second-order valence-electron chi connectivity index (χ2n) is 4.41. The predicted octanol–water partition coefficient (Wildman–Crippen LogP) is 2.62. The molecule has 1 heterocycles. The Labute approximate surface area is 134 Å². The van der Waals surface area contributed by atoms with Gasteiger partial charge in [-0.15, -0.1) is 0 Å². The Bertz CT molecular complexity index is 869. The third-order valence-corrected chi connectivity index (χ3v) is 3.48. The van der Waals surface area contributed by atoms with Crippen molar-refractivity contribution in [2.75, 3.05) is 0 Å². The van der Waals surface area contributed by atoms with Crippen molar-refractivity contribution in [3.63, 3.8) is 0 Å². The predicted molar refractivity (Wildman–Crippen MR) is 84.3 cm³/mol. The zero-order valence-corrected chi connectivity index (χ0v) is 13.0. The maximum absolute atomic E-state index is 12.3. The van der Waals surface area contributed by atoms with Crippen molar-refractivity contribution in [1.29, 1.82) is 0 Å². The van der Waals surface area contributed by atoms with Crippen LogP contribution in [0.2, 0.25) is 0 Å². The van der Waals surface area contributed by atoms with Crippen molar-refractivity contribution in [2.45, 2.75) is 6.54 Å². The van der Waals surface area contributed by atoms with Crippen LogP contribution in [0, 0.1) is 0 Å². The standard InChI is InChI=1S/C15H11BrN2O.CO2/c16-13-6-7-14-12(8-13)9-17-18(15(14)19)10-11-4-2-1-3-5-11;2-1-3/h1-9H,10H2;. The van der Waals surface area contributed by atoms with Crippen LogP contribution in [0.15, 0.2) is 64.0 Å². The zero-order chi connectivity index (χ0) is 15.9. The van der Waals surface area contributed by atoms with E-state index in [-0.39, 0.29) is 11.7 Å². The molecule has 0 fully saturated rings. The molecular weight excluding hydrogens is 348 g/mol. The normalized spacial score (nSPS) is 9.68. The first kappa shape index (κ1) is 15.8. The van der Waals surface area contributed by atoms with Crippen molar-refractivity contribution in [3.05, 3.63) is 75.1 Å². The Morgan fingerprint density at radius 2 is 1.77 bits per heavy atom. The minimum atomic E-state index is -0.0612. The van der Waals surface area contributed by atoms with Crippen LogP contribution in [0.1, 0.15) is 5.56 Å². The smallest absolute Gasteiger partial charge is 0.267 e. The summed E-state index contributed by atoms with van der Waals surface area (Å²) in [5.74, 6) is 0. The van der Waals surface area contributed by atoms with E-state index in [0.29, 0.717) is 11.9 Å². The maximum atomic E-state index is 12.3. The summed E-state index contributed by atoms with van der Waals surface area (Å²) in [6, 6.07) is 15.4. The number of nitrogens with zero attached hydrogens (tertiary/aromatic N) is 2. The van der Waals surface area contributed by atoms with E-state index in [1.54, 1.807) is 6.20 Å². The van der Waals surface area contributed by atoms with Crippen LogP contribution in [-0.4, -0.2) is 15.9 Å². The Kier molecular flexibility index (Phi) is 5.36. The molecule has 0 atom stereocenters. The van der Waals surface area contributed by atoms with Gasteiger partial charge in [0.15, 0.2) is 0 Å². The van der Waals surface area contributed by atoms with Gasteiger partial charge in [0.25, 0.3) is 5.56 Å². The summed E-state index contributed by atoms with van der Waals surface area (Å²) in [7, 11) is 0. The van der Waals surface area contributed by atoms with Gasteiger partial charge in [0.05, 0.1) is 18.1 Å². The highest BCUT2D eigenvalue weighted by Gasteiger charge is 2.04. The van der Waals surface area contributed by atoms with Crippen molar-refractivity contribution >= 4 is 32.9 Å². The third-order valence-electron chi connectivity index (χ3n) is 2.99. The van der Waals surface area contributed by atoms with E-state index in [1.165, 1.54) is 4.68 Å².